The molecule has 0 aliphatic rings. The Bertz CT molecular complexity index is 67.3. The zero-order valence-electron chi connectivity index (χ0n) is 5.73. The maximum atomic E-state index is 5.60. The van der Waals surface area contributed by atoms with E-state index < -0.39 is 7.50 Å². The van der Waals surface area contributed by atoms with Crippen LogP contribution in [0.4, 0.5) is 0 Å². The molecule has 1 atom stereocenters. The van der Waals surface area contributed by atoms with E-state index in [1.807, 2.05) is 27.4 Å². The summed E-state index contributed by atoms with van der Waals surface area (Å²) in [6.45, 7) is 7.86. The average Bonchev–Trinajstić information content (AvgIpc) is 1.21. The Morgan fingerprint density at radius 1 is 1.38 bits per heavy atom. The minimum absolute atomic E-state index is 0.0811. The molecule has 50 valence electrons. The van der Waals surface area contributed by atoms with Gasteiger partial charge in [-0.3, -0.25) is 0 Å². The number of hydrogen-bond donors (Lipinski definition) is 0. The molecule has 0 rings (SSSR count). The summed E-state index contributed by atoms with van der Waals surface area (Å²) in [4.78, 5) is 0. The van der Waals surface area contributed by atoms with Crippen molar-refractivity contribution in [3.8, 4) is 0 Å². The van der Waals surface area contributed by atoms with Gasteiger partial charge in [-0.25, -0.2) is 0 Å². The summed E-state index contributed by atoms with van der Waals surface area (Å²) in [6.07, 6.45) is 0. The fourth-order valence-electron chi connectivity index (χ4n) is 0.377. The van der Waals surface area contributed by atoms with Gasteiger partial charge in [0.25, 0.3) is 0 Å². The van der Waals surface area contributed by atoms with E-state index in [1.54, 1.807) is 0 Å². The second-order valence-electron chi connectivity index (χ2n) is 2.62. The molecule has 0 bridgehead atoms. The first-order valence-electron chi connectivity index (χ1n) is 2.50. The van der Waals surface area contributed by atoms with Gasteiger partial charge in [-0.2, -0.15) is 0 Å². The van der Waals surface area contributed by atoms with E-state index in [2.05, 4.69) is 0 Å². The van der Waals surface area contributed by atoms with Crippen molar-refractivity contribution in [1.29, 1.82) is 0 Å². The first kappa shape index (κ1) is 8.68. The van der Waals surface area contributed by atoms with Crippen molar-refractivity contribution < 1.29 is 4.52 Å². The van der Waals surface area contributed by atoms with Crippen LogP contribution in [0.1, 0.15) is 20.8 Å². The van der Waals surface area contributed by atoms with Crippen molar-refractivity contribution in [2.24, 2.45) is 0 Å². The average molecular weight is 155 g/mol. The van der Waals surface area contributed by atoms with Crippen LogP contribution in [0.25, 0.3) is 0 Å². The quantitative estimate of drug-likeness (QED) is 0.528. The van der Waals surface area contributed by atoms with Gasteiger partial charge >= 0.3 is 0 Å². The van der Waals surface area contributed by atoms with E-state index in [-0.39, 0.29) is 5.60 Å². The van der Waals surface area contributed by atoms with Gasteiger partial charge in [0, 0.05) is 0 Å². The molecular formula is C5H12ClOP. The largest absolute Gasteiger partial charge is 0.338 e. The van der Waals surface area contributed by atoms with E-state index in [0.717, 1.165) is 0 Å². The zero-order valence-corrected chi connectivity index (χ0v) is 7.38. The fraction of sp³-hybridized carbons (Fsp3) is 1.00. The molecule has 0 aliphatic carbocycles. The molecule has 0 heterocycles. The molecule has 0 aliphatic heterocycles. The Labute approximate surface area is 57.0 Å². The number of halogens is 1. The van der Waals surface area contributed by atoms with Gasteiger partial charge in [0.05, 0.1) is 5.60 Å². The minimum Gasteiger partial charge on any atom is -0.338 e. The van der Waals surface area contributed by atoms with E-state index in [4.69, 9.17) is 15.8 Å². The third-order valence-electron chi connectivity index (χ3n) is 0.400. The van der Waals surface area contributed by atoms with Crippen LogP contribution in [-0.4, -0.2) is 12.3 Å². The molecule has 0 aromatic carbocycles. The second-order valence-corrected chi connectivity index (χ2v) is 5.08. The molecule has 1 nitrogen and oxygen atoms in total. The molecule has 0 amide bonds. The third-order valence-corrected chi connectivity index (χ3v) is 1.41. The van der Waals surface area contributed by atoms with E-state index in [1.165, 1.54) is 0 Å². The first-order valence-corrected chi connectivity index (χ1v) is 5.11. The van der Waals surface area contributed by atoms with Gasteiger partial charge in [0.15, 0.2) is 0 Å². The predicted molar refractivity (Wildman–Crippen MR) is 39.5 cm³/mol. The molecule has 0 aromatic rings. The van der Waals surface area contributed by atoms with Crippen LogP contribution in [0.3, 0.4) is 0 Å². The van der Waals surface area contributed by atoms with Gasteiger partial charge in [0.1, 0.15) is 7.50 Å². The molecule has 8 heavy (non-hydrogen) atoms. The Morgan fingerprint density at radius 2 is 1.75 bits per heavy atom. The maximum Gasteiger partial charge on any atom is 0.121 e. The highest BCUT2D eigenvalue weighted by atomic mass is 35.7. The van der Waals surface area contributed by atoms with Crippen LogP contribution < -0.4 is 0 Å². The van der Waals surface area contributed by atoms with E-state index in [9.17, 15) is 0 Å². The molecule has 0 radical (unpaired) electrons. The summed E-state index contributed by atoms with van der Waals surface area (Å²) in [7, 11) is -0.716. The van der Waals surface area contributed by atoms with Crippen LogP contribution >= 0.6 is 18.7 Å². The van der Waals surface area contributed by atoms with Gasteiger partial charge in [-0.1, -0.05) is 11.2 Å². The smallest absolute Gasteiger partial charge is 0.121 e. The summed E-state index contributed by atoms with van der Waals surface area (Å²) in [6, 6.07) is 0. The first-order chi connectivity index (χ1) is 3.42. The van der Waals surface area contributed by atoms with Crippen molar-refractivity contribution in [2.45, 2.75) is 26.4 Å². The van der Waals surface area contributed by atoms with Crippen LogP contribution in [0.5, 0.6) is 0 Å². The monoisotopic (exact) mass is 154 g/mol. The van der Waals surface area contributed by atoms with Crippen LogP contribution in [0.15, 0.2) is 0 Å². The highest BCUT2D eigenvalue weighted by Gasteiger charge is 2.12. The van der Waals surface area contributed by atoms with Crippen LogP contribution in [0.2, 0.25) is 0 Å². The predicted octanol–water partition coefficient (Wildman–Crippen LogP) is 2.98. The van der Waals surface area contributed by atoms with Crippen molar-refractivity contribution in [3.05, 3.63) is 0 Å². The van der Waals surface area contributed by atoms with Crippen molar-refractivity contribution in [3.63, 3.8) is 0 Å². The van der Waals surface area contributed by atoms with Crippen molar-refractivity contribution in [1.82, 2.24) is 0 Å². The summed E-state index contributed by atoms with van der Waals surface area (Å²) in [5.41, 5.74) is -0.0811. The van der Waals surface area contributed by atoms with Crippen molar-refractivity contribution in [2.75, 3.05) is 6.66 Å². The minimum atomic E-state index is -0.716. The summed E-state index contributed by atoms with van der Waals surface area (Å²) >= 11 is 5.60. The number of rotatable bonds is 1. The lowest BCUT2D eigenvalue weighted by Crippen LogP contribution is -2.14. The lowest BCUT2D eigenvalue weighted by Gasteiger charge is -2.20. The summed E-state index contributed by atoms with van der Waals surface area (Å²) < 4.78 is 5.27. The van der Waals surface area contributed by atoms with Gasteiger partial charge < -0.3 is 4.52 Å². The molecule has 0 aromatic heterocycles. The van der Waals surface area contributed by atoms with Gasteiger partial charge in [-0.15, -0.1) is 0 Å². The zero-order chi connectivity index (χ0) is 6.78. The third kappa shape index (κ3) is 6.68. The Hall–Kier alpha value is 0.680. The lowest BCUT2D eigenvalue weighted by molar-refractivity contribution is 0.156. The number of hydrogen-bond acceptors (Lipinski definition) is 1. The van der Waals surface area contributed by atoms with E-state index >= 15 is 0 Å². The molecule has 3 heteroatoms. The van der Waals surface area contributed by atoms with Crippen LogP contribution in [-0.2, 0) is 4.52 Å². The molecule has 0 saturated carbocycles. The molecule has 0 fully saturated rings. The molecule has 0 spiro atoms. The molecule has 0 N–H and O–H groups in total. The Kier molecular flexibility index (Phi) is 3.26. The Morgan fingerprint density at radius 3 is 1.75 bits per heavy atom. The summed E-state index contributed by atoms with van der Waals surface area (Å²) in [5.74, 6) is 0. The Balaban J connectivity index is 3.39. The fourth-order valence-corrected chi connectivity index (χ4v) is 1.75. The summed E-state index contributed by atoms with van der Waals surface area (Å²) in [5, 5.41) is 0. The normalized spacial score (nSPS) is 16.1. The lowest BCUT2D eigenvalue weighted by atomic mass is 10.2. The second kappa shape index (κ2) is 3.00. The highest BCUT2D eigenvalue weighted by Crippen LogP contribution is 2.41. The molecule has 0 saturated heterocycles. The van der Waals surface area contributed by atoms with Gasteiger partial charge in [0.2, 0.25) is 0 Å². The molecule has 1 unspecified atom stereocenters. The SMILES string of the molecule is CP(Cl)OC(C)(C)C. The van der Waals surface area contributed by atoms with E-state index in [0.29, 0.717) is 0 Å². The van der Waals surface area contributed by atoms with Gasteiger partial charge in [-0.05, 0) is 27.4 Å². The van der Waals surface area contributed by atoms with Crippen LogP contribution in [0, 0.1) is 0 Å². The highest BCUT2D eigenvalue weighted by molar-refractivity contribution is 7.79. The standard InChI is InChI=1S/C5H12ClOP/c1-5(2,3)7-8(4)6/h1-4H3. The van der Waals surface area contributed by atoms with Crippen molar-refractivity contribution >= 4 is 18.7 Å². The maximum absolute atomic E-state index is 5.60. The topological polar surface area (TPSA) is 9.23 Å². The molecular weight excluding hydrogens is 142 g/mol.